The number of hydrogen-bond donors (Lipinski definition) is 0. The van der Waals surface area contributed by atoms with Crippen LogP contribution in [0.4, 0.5) is 0 Å². The fourth-order valence-corrected chi connectivity index (χ4v) is 2.94. The fraction of sp³-hybridized carbons (Fsp3) is 0.200. The Bertz CT molecular complexity index is 325. The highest BCUT2D eigenvalue weighted by Crippen LogP contribution is 2.23. The molecular formula is C5H4ClO2S2. The molecule has 5 heteroatoms. The van der Waals surface area contributed by atoms with E-state index < -0.39 is 9.84 Å². The molecule has 2 nitrogen and oxygen atoms in total. The van der Waals surface area contributed by atoms with E-state index in [2.05, 4.69) is 5.38 Å². The third-order valence-electron chi connectivity index (χ3n) is 0.930. The number of thiophene rings is 1. The monoisotopic (exact) mass is 195 g/mol. The van der Waals surface area contributed by atoms with Crippen LogP contribution in [0.2, 0.25) is 5.02 Å². The maximum atomic E-state index is 10.8. The van der Waals surface area contributed by atoms with Gasteiger partial charge in [-0.05, 0) is 0 Å². The molecule has 0 N–H and O–H groups in total. The fourth-order valence-electron chi connectivity index (χ4n) is 0.487. The molecule has 1 aromatic rings. The van der Waals surface area contributed by atoms with Crippen LogP contribution in [0.3, 0.4) is 0 Å². The van der Waals surface area contributed by atoms with Crippen LogP contribution in [0.5, 0.6) is 0 Å². The molecule has 1 rings (SSSR count). The van der Waals surface area contributed by atoms with Crippen LogP contribution in [0.15, 0.2) is 10.3 Å². The molecule has 0 aromatic carbocycles. The van der Waals surface area contributed by atoms with Crippen LogP contribution in [0.25, 0.3) is 0 Å². The first-order valence-corrected chi connectivity index (χ1v) is 5.51. The van der Waals surface area contributed by atoms with Crippen molar-refractivity contribution in [2.24, 2.45) is 0 Å². The van der Waals surface area contributed by atoms with Gasteiger partial charge in [0.25, 0.3) is 0 Å². The Morgan fingerprint density at radius 2 is 2.30 bits per heavy atom. The Kier molecular flexibility index (Phi) is 2.03. The highest BCUT2D eigenvalue weighted by molar-refractivity contribution is 7.91. The SMILES string of the molecule is CS(=O)(=O)c1cs[c]c1Cl. The molecule has 0 aliphatic heterocycles. The summed E-state index contributed by atoms with van der Waals surface area (Å²) in [4.78, 5) is 0.166. The molecule has 0 aliphatic rings. The van der Waals surface area contributed by atoms with E-state index in [1.54, 1.807) is 0 Å². The van der Waals surface area contributed by atoms with Gasteiger partial charge in [-0.1, -0.05) is 11.6 Å². The van der Waals surface area contributed by atoms with Crippen molar-refractivity contribution in [1.29, 1.82) is 0 Å². The summed E-state index contributed by atoms with van der Waals surface area (Å²) in [5.74, 6) is 0. The highest BCUT2D eigenvalue weighted by atomic mass is 35.5. The van der Waals surface area contributed by atoms with Gasteiger partial charge in [0, 0.05) is 11.6 Å². The number of rotatable bonds is 1. The smallest absolute Gasteiger partial charge is 0.177 e. The van der Waals surface area contributed by atoms with Crippen LogP contribution in [0.1, 0.15) is 0 Å². The maximum Gasteiger partial charge on any atom is 0.177 e. The summed E-state index contributed by atoms with van der Waals surface area (Å²) in [6.07, 6.45) is 1.12. The second-order valence-electron chi connectivity index (χ2n) is 1.79. The van der Waals surface area contributed by atoms with E-state index in [9.17, 15) is 8.42 Å². The van der Waals surface area contributed by atoms with Crippen LogP contribution < -0.4 is 0 Å². The van der Waals surface area contributed by atoms with Crippen molar-refractivity contribution in [3.05, 3.63) is 15.8 Å². The molecule has 10 heavy (non-hydrogen) atoms. The van der Waals surface area contributed by atoms with Gasteiger partial charge in [-0.3, -0.25) is 0 Å². The lowest BCUT2D eigenvalue weighted by Crippen LogP contribution is -1.94. The molecule has 1 heterocycles. The van der Waals surface area contributed by atoms with E-state index in [1.807, 2.05) is 0 Å². The van der Waals surface area contributed by atoms with Gasteiger partial charge in [-0.15, -0.1) is 11.3 Å². The zero-order valence-corrected chi connectivity index (χ0v) is 7.48. The van der Waals surface area contributed by atoms with E-state index in [0.29, 0.717) is 0 Å². The van der Waals surface area contributed by atoms with Gasteiger partial charge in [0.15, 0.2) is 9.84 Å². The Hall–Kier alpha value is -0.0600. The van der Waals surface area contributed by atoms with Crippen molar-refractivity contribution in [2.75, 3.05) is 6.26 Å². The standard InChI is InChI=1S/C5H4ClO2S2/c1-10(7,8)5-3-9-2-4(5)6/h3H,1H3. The molecule has 0 unspecified atom stereocenters. The summed E-state index contributed by atoms with van der Waals surface area (Å²) in [6, 6.07) is 0. The molecule has 0 fully saturated rings. The van der Waals surface area contributed by atoms with Gasteiger partial charge >= 0.3 is 0 Å². The van der Waals surface area contributed by atoms with Gasteiger partial charge in [0.05, 0.1) is 15.3 Å². The molecule has 0 spiro atoms. The van der Waals surface area contributed by atoms with Gasteiger partial charge in [-0.25, -0.2) is 8.42 Å². The Labute approximate surface area is 68.4 Å². The lowest BCUT2D eigenvalue weighted by Gasteiger charge is -1.90. The van der Waals surface area contributed by atoms with E-state index >= 15 is 0 Å². The highest BCUT2D eigenvalue weighted by Gasteiger charge is 2.12. The molecule has 1 aromatic heterocycles. The average Bonchev–Trinajstić information content (AvgIpc) is 2.11. The quantitative estimate of drug-likeness (QED) is 0.682. The molecular weight excluding hydrogens is 192 g/mol. The summed E-state index contributed by atoms with van der Waals surface area (Å²) in [7, 11) is -3.14. The minimum absolute atomic E-state index is 0.166. The minimum atomic E-state index is -3.14. The summed E-state index contributed by atoms with van der Waals surface area (Å²) >= 11 is 6.66. The maximum absolute atomic E-state index is 10.8. The molecule has 0 saturated heterocycles. The lowest BCUT2D eigenvalue weighted by molar-refractivity contribution is 0.602. The topological polar surface area (TPSA) is 34.1 Å². The van der Waals surface area contributed by atoms with Gasteiger partial charge in [0.2, 0.25) is 0 Å². The van der Waals surface area contributed by atoms with Crippen LogP contribution in [-0.4, -0.2) is 14.7 Å². The molecule has 1 radical (unpaired) electrons. The van der Waals surface area contributed by atoms with Gasteiger partial charge < -0.3 is 0 Å². The molecule has 0 amide bonds. The van der Waals surface area contributed by atoms with E-state index in [4.69, 9.17) is 11.6 Å². The normalized spacial score (nSPS) is 11.8. The number of sulfone groups is 1. The van der Waals surface area contributed by atoms with Crippen LogP contribution in [0, 0.1) is 5.38 Å². The van der Waals surface area contributed by atoms with Crippen molar-refractivity contribution >= 4 is 32.8 Å². The molecule has 0 atom stereocenters. The first kappa shape index (κ1) is 8.04. The minimum Gasteiger partial charge on any atom is -0.224 e. The third-order valence-corrected chi connectivity index (χ3v) is 3.40. The number of halogens is 1. The first-order valence-electron chi connectivity index (χ1n) is 2.36. The summed E-state index contributed by atoms with van der Waals surface area (Å²) in [5, 5.41) is 4.26. The zero-order valence-electron chi connectivity index (χ0n) is 5.09. The lowest BCUT2D eigenvalue weighted by atomic mass is 10.7. The summed E-state index contributed by atoms with van der Waals surface area (Å²) in [5.41, 5.74) is 0. The van der Waals surface area contributed by atoms with Crippen molar-refractivity contribution < 1.29 is 8.42 Å². The zero-order chi connectivity index (χ0) is 7.78. The summed E-state index contributed by atoms with van der Waals surface area (Å²) in [6.45, 7) is 0. The van der Waals surface area contributed by atoms with Crippen LogP contribution in [-0.2, 0) is 9.84 Å². The largest absolute Gasteiger partial charge is 0.224 e. The van der Waals surface area contributed by atoms with E-state index in [-0.39, 0.29) is 9.92 Å². The predicted molar refractivity (Wildman–Crippen MR) is 41.3 cm³/mol. The van der Waals surface area contributed by atoms with E-state index in [1.165, 1.54) is 5.38 Å². The third kappa shape index (κ3) is 1.51. The van der Waals surface area contributed by atoms with Crippen molar-refractivity contribution in [1.82, 2.24) is 0 Å². The molecule has 0 aliphatic carbocycles. The van der Waals surface area contributed by atoms with Crippen molar-refractivity contribution in [3.63, 3.8) is 0 Å². The Morgan fingerprint density at radius 3 is 2.50 bits per heavy atom. The predicted octanol–water partition coefficient (Wildman–Crippen LogP) is 1.61. The van der Waals surface area contributed by atoms with Crippen molar-refractivity contribution in [3.8, 4) is 0 Å². The Morgan fingerprint density at radius 1 is 1.70 bits per heavy atom. The Balaban J connectivity index is 3.32. The van der Waals surface area contributed by atoms with Gasteiger partial charge in [-0.2, -0.15) is 0 Å². The molecule has 55 valence electrons. The molecule has 0 saturated carbocycles. The second kappa shape index (κ2) is 2.53. The second-order valence-corrected chi connectivity index (χ2v) is 4.83. The van der Waals surface area contributed by atoms with Crippen molar-refractivity contribution in [2.45, 2.75) is 4.90 Å². The van der Waals surface area contributed by atoms with E-state index in [0.717, 1.165) is 17.6 Å². The first-order chi connectivity index (χ1) is 4.52. The summed E-state index contributed by atoms with van der Waals surface area (Å²) < 4.78 is 21.6. The molecule has 0 bridgehead atoms. The van der Waals surface area contributed by atoms with Crippen LogP contribution >= 0.6 is 22.9 Å². The van der Waals surface area contributed by atoms with Gasteiger partial charge in [0.1, 0.15) is 0 Å². The number of hydrogen-bond acceptors (Lipinski definition) is 3. The average molecular weight is 196 g/mol.